The molecular weight excluding hydrogens is 464 g/mol. The molecule has 5 rings (SSSR count). The topological polar surface area (TPSA) is 90.7 Å². The number of nitrogens with zero attached hydrogens (tertiary/aromatic N) is 1. The van der Waals surface area contributed by atoms with Gasteiger partial charge in [-0.05, 0) is 59.0 Å². The Labute approximate surface area is 204 Å². The van der Waals surface area contributed by atoms with Gasteiger partial charge in [0.2, 0.25) is 5.88 Å². The Hall–Kier alpha value is -4.43. The highest BCUT2D eigenvalue weighted by molar-refractivity contribution is 7.13. The van der Waals surface area contributed by atoms with E-state index in [2.05, 4.69) is 10.3 Å². The van der Waals surface area contributed by atoms with Crippen LogP contribution in [0.5, 0.6) is 11.5 Å². The number of anilines is 1. The van der Waals surface area contributed by atoms with Crippen molar-refractivity contribution in [1.82, 2.24) is 4.98 Å². The number of aromatic nitrogens is 1. The number of fused-ring (bicyclic) bond motifs is 1. The fraction of sp³-hybridized carbons (Fsp3) is 0.0741. The van der Waals surface area contributed by atoms with Gasteiger partial charge >= 0.3 is 5.97 Å². The first kappa shape index (κ1) is 22.4. The molecule has 0 saturated carbocycles. The van der Waals surface area contributed by atoms with Gasteiger partial charge in [-0.1, -0.05) is 18.2 Å². The second-order valence-electron chi connectivity index (χ2n) is 7.64. The highest BCUT2D eigenvalue weighted by Gasteiger charge is 2.24. The van der Waals surface area contributed by atoms with E-state index in [-0.39, 0.29) is 11.8 Å². The van der Waals surface area contributed by atoms with E-state index in [1.54, 1.807) is 37.7 Å². The summed E-state index contributed by atoms with van der Waals surface area (Å²) >= 11 is 1.49. The van der Waals surface area contributed by atoms with Crippen molar-refractivity contribution in [3.05, 3.63) is 84.0 Å². The van der Waals surface area contributed by atoms with Crippen LogP contribution >= 0.6 is 11.3 Å². The van der Waals surface area contributed by atoms with Gasteiger partial charge in [-0.3, -0.25) is 19.9 Å². The smallest absolute Gasteiger partial charge is 0.308 e. The van der Waals surface area contributed by atoms with E-state index in [4.69, 9.17) is 13.9 Å². The summed E-state index contributed by atoms with van der Waals surface area (Å²) < 4.78 is 17.1. The van der Waals surface area contributed by atoms with Crippen LogP contribution in [0.1, 0.15) is 17.3 Å². The molecule has 0 spiro atoms. The van der Waals surface area contributed by atoms with Crippen LogP contribution in [-0.4, -0.2) is 24.0 Å². The third-order valence-electron chi connectivity index (χ3n) is 5.37. The van der Waals surface area contributed by atoms with Crippen LogP contribution in [0.4, 0.5) is 5.88 Å². The Morgan fingerprint density at radius 3 is 2.43 bits per heavy atom. The van der Waals surface area contributed by atoms with E-state index in [1.807, 2.05) is 47.8 Å². The highest BCUT2D eigenvalue weighted by atomic mass is 32.1. The molecule has 0 radical (unpaired) electrons. The summed E-state index contributed by atoms with van der Waals surface area (Å²) in [6.07, 6.45) is 3.10. The van der Waals surface area contributed by atoms with Gasteiger partial charge in [-0.25, -0.2) is 0 Å². The predicted molar refractivity (Wildman–Crippen MR) is 135 cm³/mol. The average Bonchev–Trinajstić information content (AvgIpc) is 3.52. The number of carbonyl (C=O) groups excluding carboxylic acids is 2. The lowest BCUT2D eigenvalue weighted by Gasteiger charge is -2.09. The number of carbonyl (C=O) groups is 2. The third kappa shape index (κ3) is 4.51. The summed E-state index contributed by atoms with van der Waals surface area (Å²) in [5.74, 6) is 0.545. The fourth-order valence-electron chi connectivity index (χ4n) is 3.80. The summed E-state index contributed by atoms with van der Waals surface area (Å²) in [6.45, 7) is 1.35. The van der Waals surface area contributed by atoms with E-state index < -0.39 is 5.97 Å². The normalized spacial score (nSPS) is 10.8. The van der Waals surface area contributed by atoms with Crippen LogP contribution in [0.2, 0.25) is 0 Å². The predicted octanol–water partition coefficient (Wildman–Crippen LogP) is 6.41. The molecule has 35 heavy (non-hydrogen) atoms. The zero-order valence-electron chi connectivity index (χ0n) is 18.9. The maximum absolute atomic E-state index is 12.9. The number of hydrogen-bond donors (Lipinski definition) is 1. The lowest BCUT2D eigenvalue weighted by molar-refractivity contribution is -0.131. The number of esters is 1. The Balaban J connectivity index is 1.70. The largest absolute Gasteiger partial charge is 0.497 e. The van der Waals surface area contributed by atoms with E-state index in [1.165, 1.54) is 18.3 Å². The minimum atomic E-state index is -0.459. The molecule has 3 heterocycles. The number of benzene rings is 2. The molecule has 3 aromatic heterocycles. The van der Waals surface area contributed by atoms with Crippen molar-refractivity contribution in [3.8, 4) is 33.1 Å². The zero-order chi connectivity index (χ0) is 24.4. The molecule has 0 aliphatic heterocycles. The summed E-state index contributed by atoms with van der Waals surface area (Å²) in [4.78, 5) is 29.8. The van der Waals surface area contributed by atoms with Gasteiger partial charge in [0.25, 0.3) is 5.91 Å². The highest BCUT2D eigenvalue weighted by Crippen LogP contribution is 2.46. The Morgan fingerprint density at radius 2 is 1.77 bits per heavy atom. The SMILES string of the molecule is COc1ccc(-c2cc(OC(C)=O)c3c(-c4cccs4)c(NC(=O)c4ccncc4)oc3c2)cc1. The van der Waals surface area contributed by atoms with Crippen LogP contribution < -0.4 is 14.8 Å². The molecule has 0 fully saturated rings. The number of amides is 1. The number of nitrogens with one attached hydrogen (secondary N) is 1. The van der Waals surface area contributed by atoms with Crippen molar-refractivity contribution in [2.45, 2.75) is 6.92 Å². The lowest BCUT2D eigenvalue weighted by Crippen LogP contribution is -2.11. The van der Waals surface area contributed by atoms with E-state index in [0.717, 1.165) is 21.8 Å². The molecule has 7 nitrogen and oxygen atoms in total. The molecule has 0 bridgehead atoms. The lowest BCUT2D eigenvalue weighted by atomic mass is 10.0. The Morgan fingerprint density at radius 1 is 1.00 bits per heavy atom. The van der Waals surface area contributed by atoms with E-state index in [0.29, 0.717) is 27.8 Å². The molecule has 0 aliphatic rings. The third-order valence-corrected chi connectivity index (χ3v) is 6.26. The first-order valence-electron chi connectivity index (χ1n) is 10.7. The molecule has 0 aliphatic carbocycles. The number of methoxy groups -OCH3 is 1. The first-order chi connectivity index (χ1) is 17.0. The van der Waals surface area contributed by atoms with Crippen molar-refractivity contribution in [2.75, 3.05) is 12.4 Å². The van der Waals surface area contributed by atoms with Crippen molar-refractivity contribution in [2.24, 2.45) is 0 Å². The Kier molecular flexibility index (Phi) is 6.03. The summed E-state index contributed by atoms with van der Waals surface area (Å²) in [6, 6.07) is 18.3. The van der Waals surface area contributed by atoms with Crippen LogP contribution in [0.25, 0.3) is 32.5 Å². The van der Waals surface area contributed by atoms with Crippen LogP contribution in [0.3, 0.4) is 0 Å². The number of thiophene rings is 1. The number of hydrogen-bond acceptors (Lipinski definition) is 7. The van der Waals surface area contributed by atoms with Crippen LogP contribution in [0.15, 0.2) is 82.9 Å². The van der Waals surface area contributed by atoms with Gasteiger partial charge in [-0.15, -0.1) is 11.3 Å². The number of pyridine rings is 1. The van der Waals surface area contributed by atoms with E-state index in [9.17, 15) is 9.59 Å². The Bertz CT molecular complexity index is 1510. The molecule has 2 aromatic carbocycles. The molecule has 0 atom stereocenters. The quantitative estimate of drug-likeness (QED) is 0.221. The van der Waals surface area contributed by atoms with Gasteiger partial charge in [0, 0.05) is 29.8 Å². The molecule has 8 heteroatoms. The van der Waals surface area contributed by atoms with Gasteiger partial charge < -0.3 is 13.9 Å². The molecule has 174 valence electrons. The summed E-state index contributed by atoms with van der Waals surface area (Å²) in [7, 11) is 1.61. The van der Waals surface area contributed by atoms with Gasteiger partial charge in [0.05, 0.1) is 18.1 Å². The molecule has 0 unspecified atom stereocenters. The maximum Gasteiger partial charge on any atom is 0.308 e. The minimum Gasteiger partial charge on any atom is -0.497 e. The van der Waals surface area contributed by atoms with Crippen LogP contribution in [-0.2, 0) is 4.79 Å². The van der Waals surface area contributed by atoms with Crippen molar-refractivity contribution >= 4 is 40.1 Å². The fourth-order valence-corrected chi connectivity index (χ4v) is 4.57. The molecular formula is C27H20N2O5S. The van der Waals surface area contributed by atoms with Crippen LogP contribution in [0, 0.1) is 0 Å². The second-order valence-corrected chi connectivity index (χ2v) is 8.59. The maximum atomic E-state index is 12.9. The van der Waals surface area contributed by atoms with Crippen molar-refractivity contribution in [3.63, 3.8) is 0 Å². The number of furan rings is 1. The number of rotatable bonds is 6. The number of ether oxygens (including phenoxy) is 2. The van der Waals surface area contributed by atoms with Gasteiger partial charge in [-0.2, -0.15) is 0 Å². The molecule has 0 saturated heterocycles. The van der Waals surface area contributed by atoms with E-state index >= 15 is 0 Å². The minimum absolute atomic E-state index is 0.268. The molecule has 5 aromatic rings. The summed E-state index contributed by atoms with van der Waals surface area (Å²) in [5, 5.41) is 5.41. The molecule has 1 amide bonds. The van der Waals surface area contributed by atoms with Crippen molar-refractivity contribution in [1.29, 1.82) is 0 Å². The average molecular weight is 485 g/mol. The standard InChI is InChI=1S/C27H20N2O5S/c1-16(30)33-21-14-19(17-5-7-20(32-2)8-6-17)15-22-24(21)25(23-4-3-13-35-23)27(34-22)29-26(31)18-9-11-28-12-10-18/h3-15H,1-2H3,(H,29,31). The molecule has 1 N–H and O–H groups in total. The van der Waals surface area contributed by atoms with Crippen molar-refractivity contribution < 1.29 is 23.5 Å². The van der Waals surface area contributed by atoms with Gasteiger partial charge in [0.15, 0.2) is 0 Å². The second kappa shape index (κ2) is 9.44. The monoisotopic (exact) mass is 484 g/mol. The first-order valence-corrected chi connectivity index (χ1v) is 11.6. The zero-order valence-corrected chi connectivity index (χ0v) is 19.7. The summed E-state index contributed by atoms with van der Waals surface area (Å²) in [5.41, 5.74) is 3.24. The van der Waals surface area contributed by atoms with Gasteiger partial charge in [0.1, 0.15) is 17.1 Å².